The molecule has 2 N–H and O–H groups in total. The first-order valence-corrected chi connectivity index (χ1v) is 7.42. The molecule has 1 rings (SSSR count). The minimum Gasteiger partial charge on any atom is -0.383 e. The number of nitrogen functional groups attached to an aromatic ring is 1. The molecule has 0 aliphatic rings. The maximum Gasteiger partial charge on any atom is 0.147 e. The number of aliphatic imine (C=N–C) groups is 2. The van der Waals surface area contributed by atoms with E-state index < -0.39 is 0 Å². The van der Waals surface area contributed by atoms with E-state index in [4.69, 9.17) is 17.3 Å². The topological polar surface area (TPSA) is 87.4 Å². The Morgan fingerprint density at radius 2 is 2.17 bits per heavy atom. The average molecular weight is 330 g/mol. The molecule has 0 saturated carbocycles. The van der Waals surface area contributed by atoms with Crippen LogP contribution in [0.4, 0.5) is 5.82 Å². The van der Waals surface area contributed by atoms with Gasteiger partial charge in [-0.2, -0.15) is 5.26 Å². The molecular formula is C17H20ClN5. The van der Waals surface area contributed by atoms with Gasteiger partial charge in [0.05, 0.1) is 11.3 Å². The van der Waals surface area contributed by atoms with E-state index >= 15 is 0 Å². The molecule has 0 aliphatic heterocycles. The number of aromatic nitrogens is 1. The minimum absolute atomic E-state index is 0.117. The van der Waals surface area contributed by atoms with Gasteiger partial charge in [-0.3, -0.25) is 4.99 Å². The number of halogens is 1. The highest BCUT2D eigenvalue weighted by atomic mass is 35.5. The van der Waals surface area contributed by atoms with Crippen molar-refractivity contribution < 1.29 is 0 Å². The lowest BCUT2D eigenvalue weighted by molar-refractivity contribution is 0.766. The number of nitriles is 1. The van der Waals surface area contributed by atoms with Crippen LogP contribution in [0.3, 0.4) is 0 Å². The zero-order valence-electron chi connectivity index (χ0n) is 13.8. The minimum atomic E-state index is 0.117. The van der Waals surface area contributed by atoms with Gasteiger partial charge in [0.15, 0.2) is 0 Å². The first-order chi connectivity index (χ1) is 10.8. The zero-order valence-corrected chi connectivity index (χ0v) is 14.5. The van der Waals surface area contributed by atoms with Crippen molar-refractivity contribution >= 4 is 34.5 Å². The van der Waals surface area contributed by atoms with Gasteiger partial charge < -0.3 is 5.73 Å². The van der Waals surface area contributed by atoms with Crippen molar-refractivity contribution in [2.24, 2.45) is 15.9 Å². The van der Waals surface area contributed by atoms with E-state index in [9.17, 15) is 5.26 Å². The third kappa shape index (κ3) is 4.76. The maximum absolute atomic E-state index is 9.30. The summed E-state index contributed by atoms with van der Waals surface area (Å²) in [6, 6.07) is 3.87. The average Bonchev–Trinajstić information content (AvgIpc) is 2.50. The Morgan fingerprint density at radius 1 is 1.52 bits per heavy atom. The molecule has 0 spiro atoms. The molecule has 1 aromatic rings. The molecule has 23 heavy (non-hydrogen) atoms. The molecular weight excluding hydrogens is 310 g/mol. The second-order valence-electron chi connectivity index (χ2n) is 5.26. The number of hydrogen-bond donors (Lipinski definition) is 1. The molecule has 0 unspecified atom stereocenters. The van der Waals surface area contributed by atoms with Crippen LogP contribution in [-0.2, 0) is 0 Å². The van der Waals surface area contributed by atoms with Crippen LogP contribution in [0, 0.1) is 17.2 Å². The van der Waals surface area contributed by atoms with Crippen LogP contribution in [0.5, 0.6) is 0 Å². The summed E-state index contributed by atoms with van der Waals surface area (Å²) in [4.78, 5) is 12.3. The van der Waals surface area contributed by atoms with E-state index in [0.29, 0.717) is 28.2 Å². The second kappa shape index (κ2) is 8.25. The summed E-state index contributed by atoms with van der Waals surface area (Å²) < 4.78 is 0. The lowest BCUT2D eigenvalue weighted by atomic mass is 10.0. The third-order valence-electron chi connectivity index (χ3n) is 3.36. The summed E-state index contributed by atoms with van der Waals surface area (Å²) in [6.45, 7) is 9.74. The Bertz CT molecular complexity index is 736. The van der Waals surface area contributed by atoms with Crippen molar-refractivity contribution in [3.8, 4) is 6.07 Å². The zero-order chi connectivity index (χ0) is 17.6. The van der Waals surface area contributed by atoms with E-state index in [1.54, 1.807) is 25.5 Å². The van der Waals surface area contributed by atoms with Crippen LogP contribution >= 0.6 is 11.6 Å². The Hall–Kier alpha value is -2.45. The highest BCUT2D eigenvalue weighted by Crippen LogP contribution is 2.21. The molecule has 0 aliphatic carbocycles. The second-order valence-corrected chi connectivity index (χ2v) is 5.62. The van der Waals surface area contributed by atoms with Gasteiger partial charge in [0.1, 0.15) is 17.1 Å². The van der Waals surface area contributed by atoms with Crippen molar-refractivity contribution in [1.29, 1.82) is 5.26 Å². The lowest BCUT2D eigenvalue weighted by Crippen LogP contribution is -2.02. The molecule has 0 amide bonds. The molecule has 0 radical (unpaired) electrons. The normalized spacial score (nSPS) is 13.2. The number of nitrogens with two attached hydrogens (primary N) is 1. The summed E-state index contributed by atoms with van der Waals surface area (Å²) in [7, 11) is 1.65. The molecule has 1 aromatic heterocycles. The summed E-state index contributed by atoms with van der Waals surface area (Å²) in [6.07, 6.45) is 3.16. The summed E-state index contributed by atoms with van der Waals surface area (Å²) in [5, 5.41) is 9.42. The Balaban J connectivity index is 3.23. The van der Waals surface area contributed by atoms with Gasteiger partial charge in [0, 0.05) is 30.6 Å². The van der Waals surface area contributed by atoms with Gasteiger partial charge in [0.25, 0.3) is 0 Å². The monoisotopic (exact) mass is 329 g/mol. The molecule has 0 aromatic carbocycles. The fraction of sp³-hybridized carbons (Fsp3) is 0.294. The van der Waals surface area contributed by atoms with E-state index in [2.05, 4.69) is 27.6 Å². The largest absolute Gasteiger partial charge is 0.383 e. The SMILES string of the molecule is C=C(N=C(Cl)/C(C#N)=C(\C)C(C)C)c1cnc(N)c(C=NC)c1. The van der Waals surface area contributed by atoms with E-state index in [1.165, 1.54) is 0 Å². The summed E-state index contributed by atoms with van der Waals surface area (Å²) in [5.41, 5.74) is 8.75. The van der Waals surface area contributed by atoms with Crippen LogP contribution in [0.25, 0.3) is 5.70 Å². The highest BCUT2D eigenvalue weighted by Gasteiger charge is 2.12. The quantitative estimate of drug-likeness (QED) is 0.658. The van der Waals surface area contributed by atoms with Gasteiger partial charge in [0.2, 0.25) is 0 Å². The maximum atomic E-state index is 9.30. The Labute approximate surface area is 141 Å². The van der Waals surface area contributed by atoms with E-state index in [-0.39, 0.29) is 11.1 Å². The predicted molar refractivity (Wildman–Crippen MR) is 97.6 cm³/mol. The Kier molecular flexibility index (Phi) is 6.67. The number of allylic oxidation sites excluding steroid dienone is 2. The van der Waals surface area contributed by atoms with Crippen molar-refractivity contribution in [3.63, 3.8) is 0 Å². The van der Waals surface area contributed by atoms with Gasteiger partial charge >= 0.3 is 0 Å². The molecule has 0 saturated heterocycles. The number of anilines is 1. The lowest BCUT2D eigenvalue weighted by Gasteiger charge is -2.09. The van der Waals surface area contributed by atoms with Gasteiger partial charge in [-0.15, -0.1) is 0 Å². The number of rotatable bonds is 5. The van der Waals surface area contributed by atoms with Crippen LogP contribution in [0.1, 0.15) is 31.9 Å². The standard InChI is InChI=1S/C17H20ClN5/c1-10(2)11(3)15(7-19)16(18)23-12(4)13-6-14(8-21-5)17(20)22-9-13/h6,8-10H,4H2,1-3,5H3,(H2,20,22)/b15-11+,21-8?,23-16?. The van der Waals surface area contributed by atoms with Crippen molar-refractivity contribution in [1.82, 2.24) is 4.98 Å². The molecule has 120 valence electrons. The van der Waals surface area contributed by atoms with Crippen LogP contribution < -0.4 is 5.73 Å². The van der Waals surface area contributed by atoms with Crippen LogP contribution in [0.2, 0.25) is 0 Å². The molecule has 1 heterocycles. The van der Waals surface area contributed by atoms with Crippen molar-refractivity contribution in [2.75, 3.05) is 12.8 Å². The molecule has 5 nitrogen and oxygen atoms in total. The van der Waals surface area contributed by atoms with Gasteiger partial charge in [-0.25, -0.2) is 9.98 Å². The van der Waals surface area contributed by atoms with E-state index in [0.717, 1.165) is 5.57 Å². The molecule has 0 bridgehead atoms. The first kappa shape index (κ1) is 18.6. The van der Waals surface area contributed by atoms with Gasteiger partial charge in [-0.05, 0) is 24.5 Å². The first-order valence-electron chi connectivity index (χ1n) is 7.04. The highest BCUT2D eigenvalue weighted by molar-refractivity contribution is 6.70. The smallest absolute Gasteiger partial charge is 0.147 e. The van der Waals surface area contributed by atoms with Crippen molar-refractivity contribution in [3.05, 3.63) is 41.1 Å². The molecule has 0 atom stereocenters. The molecule has 0 fully saturated rings. The van der Waals surface area contributed by atoms with E-state index in [1.807, 2.05) is 20.8 Å². The fourth-order valence-corrected chi connectivity index (χ4v) is 2.01. The fourth-order valence-electron chi connectivity index (χ4n) is 1.72. The Morgan fingerprint density at radius 3 is 2.70 bits per heavy atom. The number of nitrogens with zero attached hydrogens (tertiary/aromatic N) is 4. The third-order valence-corrected chi connectivity index (χ3v) is 3.64. The van der Waals surface area contributed by atoms with Gasteiger partial charge in [-0.1, -0.05) is 32.0 Å². The van der Waals surface area contributed by atoms with Crippen molar-refractivity contribution in [2.45, 2.75) is 20.8 Å². The predicted octanol–water partition coefficient (Wildman–Crippen LogP) is 3.82. The van der Waals surface area contributed by atoms with Crippen LogP contribution in [-0.4, -0.2) is 23.4 Å². The van der Waals surface area contributed by atoms with Crippen LogP contribution in [0.15, 0.2) is 40.0 Å². The number of hydrogen-bond acceptors (Lipinski definition) is 5. The molecule has 6 heteroatoms. The number of pyridine rings is 1. The summed E-state index contributed by atoms with van der Waals surface area (Å²) in [5.74, 6) is 0.572. The summed E-state index contributed by atoms with van der Waals surface area (Å²) >= 11 is 6.20.